The lowest BCUT2D eigenvalue weighted by Gasteiger charge is -2.13. The molecule has 0 amide bonds. The molecule has 7 nitrogen and oxygen atoms in total. The second-order valence-corrected chi connectivity index (χ2v) is 6.66. The van der Waals surface area contributed by atoms with Crippen LogP contribution in [0.3, 0.4) is 0 Å². The average Bonchev–Trinajstić information content (AvgIpc) is 3.16. The molecule has 154 valence electrons. The summed E-state index contributed by atoms with van der Waals surface area (Å²) < 4.78 is 11.1. The SMILES string of the molecule is CCNC(=NCc1cccc(N(C)C)n1)NCCCOCC1CCOC1.I. The Morgan fingerprint density at radius 3 is 2.93 bits per heavy atom. The standard InChI is InChI=1S/C19H33N5O2.HI/c1-4-20-19(21-10-6-11-25-14-16-9-12-26-15-16)22-13-17-7-5-8-18(23-17)24(2)3;/h5,7-8,16H,4,6,9-15H2,1-3H3,(H2,20,21,22);1H. The number of nitrogens with zero attached hydrogens (tertiary/aromatic N) is 3. The number of nitrogens with one attached hydrogen (secondary N) is 2. The zero-order valence-corrected chi connectivity index (χ0v) is 19.1. The molecule has 1 atom stereocenters. The molecule has 0 radical (unpaired) electrons. The van der Waals surface area contributed by atoms with E-state index in [-0.39, 0.29) is 24.0 Å². The number of halogens is 1. The van der Waals surface area contributed by atoms with Gasteiger partial charge in [-0.25, -0.2) is 9.98 Å². The lowest BCUT2D eigenvalue weighted by Crippen LogP contribution is -2.38. The smallest absolute Gasteiger partial charge is 0.191 e. The van der Waals surface area contributed by atoms with Crippen LogP contribution in [0.15, 0.2) is 23.2 Å². The zero-order valence-electron chi connectivity index (χ0n) is 16.7. The van der Waals surface area contributed by atoms with Crippen molar-refractivity contribution in [2.24, 2.45) is 10.9 Å². The molecule has 1 aromatic rings. The molecule has 2 heterocycles. The number of pyridine rings is 1. The largest absolute Gasteiger partial charge is 0.381 e. The summed E-state index contributed by atoms with van der Waals surface area (Å²) in [6.07, 6.45) is 2.07. The minimum atomic E-state index is 0. The highest BCUT2D eigenvalue weighted by Gasteiger charge is 2.15. The van der Waals surface area contributed by atoms with Gasteiger partial charge in [-0.2, -0.15) is 0 Å². The summed E-state index contributed by atoms with van der Waals surface area (Å²) >= 11 is 0. The Kier molecular flexibility index (Phi) is 12.4. The molecule has 1 unspecified atom stereocenters. The van der Waals surface area contributed by atoms with Gasteiger partial charge >= 0.3 is 0 Å². The van der Waals surface area contributed by atoms with Crippen LogP contribution in [0.1, 0.15) is 25.5 Å². The first-order chi connectivity index (χ1) is 12.7. The van der Waals surface area contributed by atoms with Crippen LogP contribution in [0.5, 0.6) is 0 Å². The quantitative estimate of drug-likeness (QED) is 0.227. The Morgan fingerprint density at radius 1 is 1.37 bits per heavy atom. The molecule has 1 aliphatic rings. The lowest BCUT2D eigenvalue weighted by atomic mass is 10.1. The van der Waals surface area contributed by atoms with Crippen LogP contribution in [0.4, 0.5) is 5.82 Å². The van der Waals surface area contributed by atoms with Crippen molar-refractivity contribution in [1.82, 2.24) is 15.6 Å². The Labute approximate surface area is 180 Å². The molecular weight excluding hydrogens is 457 g/mol. The molecule has 0 spiro atoms. The van der Waals surface area contributed by atoms with Crippen LogP contribution in [-0.2, 0) is 16.0 Å². The van der Waals surface area contributed by atoms with Crippen molar-refractivity contribution in [2.45, 2.75) is 26.3 Å². The molecule has 0 saturated carbocycles. The van der Waals surface area contributed by atoms with Gasteiger partial charge < -0.3 is 25.0 Å². The molecule has 0 aliphatic carbocycles. The topological polar surface area (TPSA) is 71.0 Å². The molecule has 2 rings (SSSR count). The highest BCUT2D eigenvalue weighted by molar-refractivity contribution is 14.0. The van der Waals surface area contributed by atoms with E-state index in [1.807, 2.05) is 37.2 Å². The molecule has 1 aromatic heterocycles. The summed E-state index contributed by atoms with van der Waals surface area (Å²) in [5.41, 5.74) is 0.954. The molecule has 0 bridgehead atoms. The Morgan fingerprint density at radius 2 is 2.22 bits per heavy atom. The van der Waals surface area contributed by atoms with E-state index in [1.54, 1.807) is 0 Å². The molecule has 1 saturated heterocycles. The number of aromatic nitrogens is 1. The van der Waals surface area contributed by atoms with Crippen molar-refractivity contribution in [3.05, 3.63) is 23.9 Å². The van der Waals surface area contributed by atoms with Crippen LogP contribution in [0, 0.1) is 5.92 Å². The minimum absolute atomic E-state index is 0. The van der Waals surface area contributed by atoms with Gasteiger partial charge in [0.1, 0.15) is 5.82 Å². The number of hydrogen-bond donors (Lipinski definition) is 2. The molecule has 8 heteroatoms. The highest BCUT2D eigenvalue weighted by Crippen LogP contribution is 2.12. The van der Waals surface area contributed by atoms with E-state index in [0.717, 1.165) is 69.8 Å². The monoisotopic (exact) mass is 491 g/mol. The Hall–Kier alpha value is -1.13. The van der Waals surface area contributed by atoms with Gasteiger partial charge in [0.05, 0.1) is 25.5 Å². The summed E-state index contributed by atoms with van der Waals surface area (Å²) in [4.78, 5) is 11.2. The van der Waals surface area contributed by atoms with Gasteiger partial charge in [0.15, 0.2) is 5.96 Å². The van der Waals surface area contributed by atoms with Gasteiger partial charge in [-0.15, -0.1) is 24.0 Å². The first-order valence-electron chi connectivity index (χ1n) is 9.50. The van der Waals surface area contributed by atoms with Crippen molar-refractivity contribution >= 4 is 35.8 Å². The summed E-state index contributed by atoms with van der Waals surface area (Å²) in [6.45, 7) is 7.57. The van der Waals surface area contributed by atoms with Crippen molar-refractivity contribution in [2.75, 3.05) is 58.5 Å². The molecular formula is C19H34IN5O2. The number of rotatable bonds is 10. The maximum atomic E-state index is 5.73. The predicted molar refractivity (Wildman–Crippen MR) is 121 cm³/mol. The molecule has 1 fully saturated rings. The molecule has 1 aliphatic heterocycles. The highest BCUT2D eigenvalue weighted by atomic mass is 127. The average molecular weight is 491 g/mol. The van der Waals surface area contributed by atoms with Gasteiger partial charge in [0.25, 0.3) is 0 Å². The maximum absolute atomic E-state index is 5.73. The van der Waals surface area contributed by atoms with Crippen molar-refractivity contribution in [1.29, 1.82) is 0 Å². The van der Waals surface area contributed by atoms with Gasteiger partial charge in [-0.3, -0.25) is 0 Å². The first-order valence-corrected chi connectivity index (χ1v) is 9.50. The van der Waals surface area contributed by atoms with Crippen LogP contribution < -0.4 is 15.5 Å². The van der Waals surface area contributed by atoms with E-state index < -0.39 is 0 Å². The van der Waals surface area contributed by atoms with Crippen molar-refractivity contribution in [3.8, 4) is 0 Å². The van der Waals surface area contributed by atoms with E-state index in [4.69, 9.17) is 9.47 Å². The number of guanidine groups is 1. The third kappa shape index (κ3) is 9.57. The summed E-state index contributed by atoms with van der Waals surface area (Å²) in [5.74, 6) is 2.33. The number of aliphatic imine (C=N–C) groups is 1. The van der Waals surface area contributed by atoms with E-state index in [9.17, 15) is 0 Å². The predicted octanol–water partition coefficient (Wildman–Crippen LogP) is 2.26. The Balaban J connectivity index is 0.00000364. The van der Waals surface area contributed by atoms with Gasteiger partial charge in [0.2, 0.25) is 0 Å². The lowest BCUT2D eigenvalue weighted by molar-refractivity contribution is 0.0888. The van der Waals surface area contributed by atoms with Crippen molar-refractivity contribution in [3.63, 3.8) is 0 Å². The van der Waals surface area contributed by atoms with E-state index in [0.29, 0.717) is 12.5 Å². The summed E-state index contributed by atoms with van der Waals surface area (Å²) in [6, 6.07) is 6.01. The molecule has 0 aromatic carbocycles. The fraction of sp³-hybridized carbons (Fsp3) is 0.684. The fourth-order valence-electron chi connectivity index (χ4n) is 2.65. The van der Waals surface area contributed by atoms with Gasteiger partial charge in [-0.05, 0) is 31.9 Å². The fourth-order valence-corrected chi connectivity index (χ4v) is 2.65. The first kappa shape index (κ1) is 23.9. The number of ether oxygens (including phenoxy) is 2. The molecule has 27 heavy (non-hydrogen) atoms. The molecule has 2 N–H and O–H groups in total. The number of anilines is 1. The van der Waals surface area contributed by atoms with Crippen molar-refractivity contribution < 1.29 is 9.47 Å². The van der Waals surface area contributed by atoms with Crippen LogP contribution in [-0.4, -0.2) is 64.6 Å². The summed E-state index contributed by atoms with van der Waals surface area (Å²) in [5, 5.41) is 6.62. The Bertz CT molecular complexity index is 551. The zero-order chi connectivity index (χ0) is 18.6. The van der Waals surface area contributed by atoms with Gasteiger partial charge in [-0.1, -0.05) is 6.07 Å². The minimum Gasteiger partial charge on any atom is -0.381 e. The normalized spacial score (nSPS) is 16.7. The van der Waals surface area contributed by atoms with E-state index in [2.05, 4.69) is 27.5 Å². The third-order valence-electron chi connectivity index (χ3n) is 4.13. The van der Waals surface area contributed by atoms with Crippen LogP contribution >= 0.6 is 24.0 Å². The second kappa shape index (κ2) is 14.0. The van der Waals surface area contributed by atoms with Crippen LogP contribution in [0.25, 0.3) is 0 Å². The van der Waals surface area contributed by atoms with E-state index in [1.165, 1.54) is 0 Å². The summed E-state index contributed by atoms with van der Waals surface area (Å²) in [7, 11) is 3.98. The second-order valence-electron chi connectivity index (χ2n) is 6.66. The van der Waals surface area contributed by atoms with Gasteiger partial charge in [0, 0.05) is 46.3 Å². The maximum Gasteiger partial charge on any atom is 0.191 e. The van der Waals surface area contributed by atoms with Crippen LogP contribution in [0.2, 0.25) is 0 Å². The third-order valence-corrected chi connectivity index (χ3v) is 4.13. The number of hydrogen-bond acceptors (Lipinski definition) is 5. The van der Waals surface area contributed by atoms with E-state index >= 15 is 0 Å².